The molecule has 1 saturated heterocycles. The van der Waals surface area contributed by atoms with E-state index in [4.69, 9.17) is 4.84 Å². The van der Waals surface area contributed by atoms with Crippen LogP contribution in [0.2, 0.25) is 0 Å². The largest absolute Gasteiger partial charge is 0.382 e. The number of nitrogens with zero attached hydrogens (tertiary/aromatic N) is 3. The lowest BCUT2D eigenvalue weighted by Gasteiger charge is -2.35. The van der Waals surface area contributed by atoms with Gasteiger partial charge < -0.3 is 4.84 Å². The van der Waals surface area contributed by atoms with Gasteiger partial charge in [0.15, 0.2) is 0 Å². The van der Waals surface area contributed by atoms with Crippen LogP contribution >= 0.6 is 0 Å². The van der Waals surface area contributed by atoms with Crippen LogP contribution in [0.4, 0.5) is 5.69 Å². The maximum Gasteiger partial charge on any atom is 0.286 e. The minimum atomic E-state index is -0.671. The highest BCUT2D eigenvalue weighted by molar-refractivity contribution is 6.06. The van der Waals surface area contributed by atoms with Crippen LogP contribution in [-0.4, -0.2) is 34.7 Å². The summed E-state index contributed by atoms with van der Waals surface area (Å²) in [5, 5.41) is 7.61. The number of para-hydroxylation sites is 1. The number of benzene rings is 1. The summed E-state index contributed by atoms with van der Waals surface area (Å²) in [5.74, 6) is 0.373. The predicted molar refractivity (Wildman–Crippen MR) is 114 cm³/mol. The third-order valence-electron chi connectivity index (χ3n) is 8.26. The summed E-state index contributed by atoms with van der Waals surface area (Å²) in [6.45, 7) is 10.7. The predicted octanol–water partition coefficient (Wildman–Crippen LogP) is 4.16. The minimum absolute atomic E-state index is 0.0620. The number of amides is 2. The fourth-order valence-corrected chi connectivity index (χ4v) is 6.35. The molecule has 0 aromatic heterocycles. The van der Waals surface area contributed by atoms with E-state index in [1.807, 2.05) is 30.3 Å². The zero-order chi connectivity index (χ0) is 21.5. The lowest BCUT2D eigenvalue weighted by Crippen LogP contribution is -2.51. The molecule has 30 heavy (non-hydrogen) atoms. The van der Waals surface area contributed by atoms with Crippen LogP contribution in [0.3, 0.4) is 0 Å². The van der Waals surface area contributed by atoms with Gasteiger partial charge in [0.25, 0.3) is 11.8 Å². The van der Waals surface area contributed by atoms with Crippen LogP contribution in [0.1, 0.15) is 60.3 Å². The fraction of sp³-hybridized carbons (Fsp3) is 0.625. The molecule has 6 nitrogen and oxygen atoms in total. The number of hydrazine groups is 1. The highest BCUT2D eigenvalue weighted by Gasteiger charge is 2.75. The molecule has 4 aliphatic rings. The molecule has 3 unspecified atom stereocenters. The molecule has 5 rings (SSSR count). The Morgan fingerprint density at radius 2 is 1.90 bits per heavy atom. The first-order valence-corrected chi connectivity index (χ1v) is 11.0. The van der Waals surface area contributed by atoms with Gasteiger partial charge in [0.05, 0.1) is 22.9 Å². The molecule has 2 bridgehead atoms. The maximum atomic E-state index is 14.0. The van der Waals surface area contributed by atoms with E-state index in [9.17, 15) is 9.59 Å². The van der Waals surface area contributed by atoms with E-state index in [0.717, 1.165) is 30.7 Å². The van der Waals surface area contributed by atoms with Crippen molar-refractivity contribution in [1.29, 1.82) is 0 Å². The highest BCUT2D eigenvalue weighted by Crippen LogP contribution is 2.70. The molecule has 2 aliphatic carbocycles. The van der Waals surface area contributed by atoms with E-state index >= 15 is 0 Å². The molecule has 0 radical (unpaired) electrons. The summed E-state index contributed by atoms with van der Waals surface area (Å²) >= 11 is 0. The monoisotopic (exact) mass is 409 g/mol. The van der Waals surface area contributed by atoms with Crippen molar-refractivity contribution >= 4 is 23.2 Å². The van der Waals surface area contributed by atoms with Gasteiger partial charge in [-0.05, 0) is 42.7 Å². The summed E-state index contributed by atoms with van der Waals surface area (Å²) in [6.07, 6.45) is 2.57. The van der Waals surface area contributed by atoms with E-state index in [1.165, 1.54) is 0 Å². The smallest absolute Gasteiger partial charge is 0.286 e. The van der Waals surface area contributed by atoms with Gasteiger partial charge >= 0.3 is 0 Å². The zero-order valence-electron chi connectivity index (χ0n) is 18.5. The van der Waals surface area contributed by atoms with Crippen molar-refractivity contribution in [2.24, 2.45) is 27.3 Å². The van der Waals surface area contributed by atoms with E-state index in [2.05, 4.69) is 39.8 Å². The number of carbonyl (C=O) groups is 2. The normalized spacial score (nSPS) is 34.2. The second-order valence-electron chi connectivity index (χ2n) is 10.9. The van der Waals surface area contributed by atoms with Crippen molar-refractivity contribution in [2.45, 2.75) is 72.4 Å². The quantitative estimate of drug-likeness (QED) is 0.737. The molecule has 2 heterocycles. The number of hydrogen-bond acceptors (Lipinski definition) is 4. The lowest BCUT2D eigenvalue weighted by atomic mass is 9.67. The van der Waals surface area contributed by atoms with Crippen LogP contribution < -0.4 is 5.01 Å². The first-order chi connectivity index (χ1) is 14.1. The molecule has 3 fully saturated rings. The standard InChI is InChI=1S/C24H31N3O3/c1-22(2,3)18-14-17(30-25-18)20(28)27-19-13-15-11-12-24(19,23(15,4)5)21(29)26(27)16-9-7-6-8-10-16/h6-10,15,17,19H,11-14H2,1-5H3/t15?,17-,19?,24?/m1/s1. The van der Waals surface area contributed by atoms with Gasteiger partial charge in [0, 0.05) is 11.8 Å². The van der Waals surface area contributed by atoms with Crippen LogP contribution in [0, 0.1) is 22.2 Å². The Hall–Kier alpha value is -2.37. The minimum Gasteiger partial charge on any atom is -0.382 e. The Kier molecular flexibility index (Phi) is 3.97. The topological polar surface area (TPSA) is 62.2 Å². The molecule has 1 aromatic carbocycles. The summed E-state index contributed by atoms with van der Waals surface area (Å²) in [4.78, 5) is 33.4. The molecule has 2 aliphatic heterocycles. The number of rotatable bonds is 2. The Morgan fingerprint density at radius 1 is 1.20 bits per heavy atom. The van der Waals surface area contributed by atoms with Crippen molar-refractivity contribution in [3.63, 3.8) is 0 Å². The fourth-order valence-electron chi connectivity index (χ4n) is 6.35. The molecule has 1 aromatic rings. The van der Waals surface area contributed by atoms with Crippen molar-refractivity contribution < 1.29 is 14.4 Å². The third-order valence-corrected chi connectivity index (χ3v) is 8.26. The molecule has 4 atom stereocenters. The molecule has 1 spiro atoms. The van der Waals surface area contributed by atoms with Crippen molar-refractivity contribution in [3.8, 4) is 0 Å². The van der Waals surface area contributed by atoms with Gasteiger partial charge in [-0.15, -0.1) is 0 Å². The SMILES string of the molecule is CC(C)(C)C1=NO[C@@H](C(=O)N2C3CC4CCC3(C(=O)N2c2ccccc2)C4(C)C)C1. The van der Waals surface area contributed by atoms with Crippen LogP contribution in [0.5, 0.6) is 0 Å². The molecule has 160 valence electrons. The van der Waals surface area contributed by atoms with Gasteiger partial charge in [-0.1, -0.05) is 58.0 Å². The Morgan fingerprint density at radius 3 is 2.50 bits per heavy atom. The zero-order valence-corrected chi connectivity index (χ0v) is 18.5. The third kappa shape index (κ3) is 2.33. The Labute approximate surface area is 178 Å². The second kappa shape index (κ2) is 6.08. The first-order valence-electron chi connectivity index (χ1n) is 11.0. The van der Waals surface area contributed by atoms with Crippen LogP contribution in [0.25, 0.3) is 0 Å². The van der Waals surface area contributed by atoms with Crippen LogP contribution in [-0.2, 0) is 14.4 Å². The van der Waals surface area contributed by atoms with Gasteiger partial charge in [-0.2, -0.15) is 0 Å². The maximum absolute atomic E-state index is 14.0. The van der Waals surface area contributed by atoms with E-state index in [0.29, 0.717) is 12.3 Å². The van der Waals surface area contributed by atoms with E-state index in [1.54, 1.807) is 10.0 Å². The van der Waals surface area contributed by atoms with Crippen molar-refractivity contribution in [2.75, 3.05) is 5.01 Å². The molecule has 2 amide bonds. The molecule has 0 N–H and O–H groups in total. The van der Waals surface area contributed by atoms with Crippen molar-refractivity contribution in [1.82, 2.24) is 5.01 Å². The molecule has 2 saturated carbocycles. The number of carbonyl (C=O) groups excluding carboxylic acids is 2. The first kappa shape index (κ1) is 19.6. The Balaban J connectivity index is 1.54. The van der Waals surface area contributed by atoms with Crippen molar-refractivity contribution in [3.05, 3.63) is 30.3 Å². The number of fused-ring (bicyclic) bond motifs is 1. The number of hydrogen-bond donors (Lipinski definition) is 0. The van der Waals surface area contributed by atoms with E-state index in [-0.39, 0.29) is 28.7 Å². The second-order valence-corrected chi connectivity index (χ2v) is 10.9. The van der Waals surface area contributed by atoms with Crippen LogP contribution in [0.15, 0.2) is 35.5 Å². The van der Waals surface area contributed by atoms with Gasteiger partial charge in [0.2, 0.25) is 6.10 Å². The number of oxime groups is 1. The summed E-state index contributed by atoms with van der Waals surface area (Å²) in [6, 6.07) is 9.44. The average Bonchev–Trinajstić information content (AvgIpc) is 3.41. The Bertz CT molecular complexity index is 933. The highest BCUT2D eigenvalue weighted by atomic mass is 16.6. The van der Waals surface area contributed by atoms with Gasteiger partial charge in [0.1, 0.15) is 0 Å². The summed E-state index contributed by atoms with van der Waals surface area (Å²) < 4.78 is 0. The molecule has 6 heteroatoms. The molecular weight excluding hydrogens is 378 g/mol. The average molecular weight is 410 g/mol. The van der Waals surface area contributed by atoms with Gasteiger partial charge in [-0.25, -0.2) is 10.0 Å². The molecular formula is C24H31N3O3. The van der Waals surface area contributed by atoms with Gasteiger partial charge in [-0.3, -0.25) is 9.59 Å². The summed E-state index contributed by atoms with van der Waals surface area (Å²) in [5.41, 5.74) is 0.843. The number of anilines is 1. The lowest BCUT2D eigenvalue weighted by molar-refractivity contribution is -0.145. The summed E-state index contributed by atoms with van der Waals surface area (Å²) in [7, 11) is 0. The van der Waals surface area contributed by atoms with E-state index < -0.39 is 11.5 Å².